The van der Waals surface area contributed by atoms with Gasteiger partial charge in [-0.05, 0) is 79.8 Å². The van der Waals surface area contributed by atoms with Crippen molar-refractivity contribution >= 4 is 34.2 Å². The summed E-state index contributed by atoms with van der Waals surface area (Å²) in [5, 5.41) is 6.50. The summed E-state index contributed by atoms with van der Waals surface area (Å²) >= 11 is 0. The fraction of sp³-hybridized carbons (Fsp3) is 0.286. The first-order valence-corrected chi connectivity index (χ1v) is 11.2. The molecular weight excluding hydrogens is 394 g/mol. The fourth-order valence-electron chi connectivity index (χ4n) is 4.79. The average Bonchev–Trinajstić information content (AvgIpc) is 2.74. The minimum atomic E-state index is -0.122. The maximum Gasteiger partial charge on any atom is 0.244 e. The van der Waals surface area contributed by atoms with Crippen molar-refractivity contribution in [3.63, 3.8) is 0 Å². The number of hydrogen-bond acceptors (Lipinski definition) is 3. The van der Waals surface area contributed by atoms with Gasteiger partial charge in [0.2, 0.25) is 5.91 Å². The molecule has 0 fully saturated rings. The number of benzene rings is 3. The maximum atomic E-state index is 12.5. The van der Waals surface area contributed by atoms with E-state index < -0.39 is 0 Å². The lowest BCUT2D eigenvalue weighted by atomic mass is 9.87. The highest BCUT2D eigenvalue weighted by molar-refractivity contribution is 5.92. The Hall–Kier alpha value is -3.40. The quantitative estimate of drug-likeness (QED) is 0.411. The van der Waals surface area contributed by atoms with Crippen LogP contribution in [0.4, 0.5) is 5.69 Å². The number of likely N-dealkylation sites (N-methyl/N-ethyl adjacent to an activating group) is 1. The van der Waals surface area contributed by atoms with E-state index in [1.165, 1.54) is 16.8 Å². The van der Waals surface area contributed by atoms with Gasteiger partial charge in [0, 0.05) is 17.8 Å². The van der Waals surface area contributed by atoms with Crippen molar-refractivity contribution in [2.24, 2.45) is 5.10 Å². The zero-order valence-corrected chi connectivity index (χ0v) is 19.6. The first-order valence-electron chi connectivity index (χ1n) is 11.2. The van der Waals surface area contributed by atoms with Crippen molar-refractivity contribution in [3.05, 3.63) is 82.9 Å². The number of aryl methyl sites for hydroxylation is 1. The second kappa shape index (κ2) is 8.62. The Morgan fingerprint density at radius 2 is 1.84 bits per heavy atom. The standard InChI is InChI=1S/C28H31N3O/c1-6-31-26-14-19(2)23(15-25(26)20(3)17-28(31,4)5)18-29-30-27(32)16-22-12-9-11-21-10-7-8-13-24(21)22/h7-15,17-18H,6,16H2,1-5H3,(H,30,32)/b29-18-. The Labute approximate surface area is 190 Å². The first kappa shape index (κ1) is 21.8. The molecule has 1 aliphatic rings. The second-order valence-electron chi connectivity index (χ2n) is 9.06. The van der Waals surface area contributed by atoms with Gasteiger partial charge in [-0.3, -0.25) is 4.79 Å². The van der Waals surface area contributed by atoms with Crippen LogP contribution in [0.5, 0.6) is 0 Å². The molecule has 0 saturated carbocycles. The van der Waals surface area contributed by atoms with Gasteiger partial charge in [-0.1, -0.05) is 48.5 Å². The first-order chi connectivity index (χ1) is 15.3. The SMILES string of the molecule is CCN1c2cc(C)c(/C=N\NC(=O)Cc3cccc4ccccc34)cc2C(C)=CC1(C)C. The number of allylic oxidation sites excluding steroid dienone is 1. The number of hydrazone groups is 1. The van der Waals surface area contributed by atoms with E-state index in [0.717, 1.165) is 34.0 Å². The molecule has 32 heavy (non-hydrogen) atoms. The molecule has 1 heterocycles. The van der Waals surface area contributed by atoms with Gasteiger partial charge in [-0.25, -0.2) is 5.43 Å². The Bertz CT molecular complexity index is 1230. The van der Waals surface area contributed by atoms with Gasteiger partial charge in [-0.2, -0.15) is 5.10 Å². The highest BCUT2D eigenvalue weighted by atomic mass is 16.2. The van der Waals surface area contributed by atoms with E-state index in [2.05, 4.69) is 86.5 Å². The normalized spacial score (nSPS) is 15.0. The van der Waals surface area contributed by atoms with Crippen LogP contribution in [0.1, 0.15) is 49.9 Å². The molecule has 1 N–H and O–H groups in total. The van der Waals surface area contributed by atoms with Crippen LogP contribution in [0.2, 0.25) is 0 Å². The van der Waals surface area contributed by atoms with Crippen LogP contribution in [0, 0.1) is 6.92 Å². The maximum absolute atomic E-state index is 12.5. The number of amides is 1. The number of hydrogen-bond donors (Lipinski definition) is 1. The minimum absolute atomic E-state index is 0.0105. The summed E-state index contributed by atoms with van der Waals surface area (Å²) in [5.41, 5.74) is 9.59. The molecule has 4 rings (SSSR count). The van der Waals surface area contributed by atoms with Crippen LogP contribution >= 0.6 is 0 Å². The van der Waals surface area contributed by atoms with Crippen molar-refractivity contribution in [1.29, 1.82) is 0 Å². The van der Waals surface area contributed by atoms with Crippen molar-refractivity contribution < 1.29 is 4.79 Å². The molecule has 3 aromatic rings. The summed E-state index contributed by atoms with van der Waals surface area (Å²) < 4.78 is 0. The van der Waals surface area contributed by atoms with E-state index in [0.29, 0.717) is 6.42 Å². The van der Waals surface area contributed by atoms with Crippen LogP contribution in [-0.2, 0) is 11.2 Å². The number of rotatable bonds is 5. The van der Waals surface area contributed by atoms with E-state index in [4.69, 9.17) is 0 Å². The Morgan fingerprint density at radius 1 is 1.09 bits per heavy atom. The molecule has 0 atom stereocenters. The molecule has 0 aromatic heterocycles. The molecule has 1 aliphatic heterocycles. The molecule has 164 valence electrons. The minimum Gasteiger partial charge on any atom is -0.363 e. The highest BCUT2D eigenvalue weighted by Crippen LogP contribution is 2.39. The van der Waals surface area contributed by atoms with Gasteiger partial charge < -0.3 is 4.90 Å². The van der Waals surface area contributed by atoms with Crippen molar-refractivity contribution in [2.75, 3.05) is 11.4 Å². The summed E-state index contributed by atoms with van der Waals surface area (Å²) in [6.07, 6.45) is 4.37. The number of nitrogens with one attached hydrogen (secondary N) is 1. The lowest BCUT2D eigenvalue weighted by molar-refractivity contribution is -0.120. The number of nitrogens with zero attached hydrogens (tertiary/aromatic N) is 2. The van der Waals surface area contributed by atoms with Crippen LogP contribution in [0.3, 0.4) is 0 Å². The number of carbonyl (C=O) groups is 1. The van der Waals surface area contributed by atoms with Gasteiger partial charge in [0.05, 0.1) is 18.2 Å². The van der Waals surface area contributed by atoms with Gasteiger partial charge in [0.1, 0.15) is 0 Å². The molecule has 3 aromatic carbocycles. The van der Waals surface area contributed by atoms with E-state index in [1.807, 2.05) is 24.3 Å². The molecule has 0 radical (unpaired) electrons. The van der Waals surface area contributed by atoms with Crippen molar-refractivity contribution in [2.45, 2.75) is 46.6 Å². The Morgan fingerprint density at radius 3 is 2.62 bits per heavy atom. The largest absolute Gasteiger partial charge is 0.363 e. The Balaban J connectivity index is 1.52. The van der Waals surface area contributed by atoms with E-state index >= 15 is 0 Å². The molecule has 1 amide bonds. The third-order valence-corrected chi connectivity index (χ3v) is 6.31. The number of carbonyl (C=O) groups excluding carboxylic acids is 1. The predicted molar refractivity (Wildman–Crippen MR) is 135 cm³/mol. The number of anilines is 1. The van der Waals surface area contributed by atoms with E-state index in [-0.39, 0.29) is 11.4 Å². The Kier molecular flexibility index (Phi) is 5.88. The summed E-state index contributed by atoms with van der Waals surface area (Å²) in [6, 6.07) is 18.6. The van der Waals surface area contributed by atoms with Crippen LogP contribution in [0.25, 0.3) is 16.3 Å². The van der Waals surface area contributed by atoms with Crippen LogP contribution < -0.4 is 10.3 Å². The highest BCUT2D eigenvalue weighted by Gasteiger charge is 2.30. The predicted octanol–water partition coefficient (Wildman–Crippen LogP) is 5.86. The van der Waals surface area contributed by atoms with Gasteiger partial charge in [-0.15, -0.1) is 0 Å². The van der Waals surface area contributed by atoms with Crippen molar-refractivity contribution in [3.8, 4) is 0 Å². The summed E-state index contributed by atoms with van der Waals surface area (Å²) in [5.74, 6) is -0.122. The van der Waals surface area contributed by atoms with E-state index in [9.17, 15) is 4.79 Å². The van der Waals surface area contributed by atoms with Crippen LogP contribution in [-0.4, -0.2) is 24.2 Å². The molecule has 0 saturated heterocycles. The molecule has 0 bridgehead atoms. The molecule has 4 nitrogen and oxygen atoms in total. The van der Waals surface area contributed by atoms with E-state index in [1.54, 1.807) is 6.21 Å². The lowest BCUT2D eigenvalue weighted by Crippen LogP contribution is -2.45. The molecule has 0 spiro atoms. The average molecular weight is 426 g/mol. The smallest absolute Gasteiger partial charge is 0.244 e. The van der Waals surface area contributed by atoms with Crippen molar-refractivity contribution in [1.82, 2.24) is 5.43 Å². The molecule has 0 unspecified atom stereocenters. The monoisotopic (exact) mass is 425 g/mol. The second-order valence-corrected chi connectivity index (χ2v) is 9.06. The third-order valence-electron chi connectivity index (χ3n) is 6.31. The van der Waals surface area contributed by atoms with Gasteiger partial charge in [0.15, 0.2) is 0 Å². The zero-order valence-electron chi connectivity index (χ0n) is 19.6. The topological polar surface area (TPSA) is 44.7 Å². The summed E-state index contributed by atoms with van der Waals surface area (Å²) in [6.45, 7) is 11.9. The van der Waals surface area contributed by atoms with Gasteiger partial charge >= 0.3 is 0 Å². The zero-order chi connectivity index (χ0) is 22.9. The summed E-state index contributed by atoms with van der Waals surface area (Å²) in [7, 11) is 0. The molecule has 4 heteroatoms. The number of fused-ring (bicyclic) bond motifs is 2. The lowest BCUT2D eigenvalue weighted by Gasteiger charge is -2.43. The molecular formula is C28H31N3O. The fourth-order valence-corrected chi connectivity index (χ4v) is 4.79. The third kappa shape index (κ3) is 4.18. The molecule has 0 aliphatic carbocycles. The van der Waals surface area contributed by atoms with Gasteiger partial charge in [0.25, 0.3) is 0 Å². The van der Waals surface area contributed by atoms with Crippen LogP contribution in [0.15, 0.2) is 65.8 Å². The summed E-state index contributed by atoms with van der Waals surface area (Å²) in [4.78, 5) is 15.0.